The Balaban J connectivity index is 2.16. The van der Waals surface area contributed by atoms with Gasteiger partial charge in [0, 0.05) is 12.1 Å². The Morgan fingerprint density at radius 2 is 2.11 bits per heavy atom. The van der Waals surface area contributed by atoms with E-state index < -0.39 is 0 Å². The van der Waals surface area contributed by atoms with Gasteiger partial charge >= 0.3 is 0 Å². The molecule has 0 aliphatic carbocycles. The molecule has 4 heteroatoms. The molecule has 1 aromatic heterocycles. The van der Waals surface area contributed by atoms with E-state index in [-0.39, 0.29) is 11.7 Å². The third-order valence-electron chi connectivity index (χ3n) is 2.69. The lowest BCUT2D eigenvalue weighted by molar-refractivity contribution is 0.0995. The van der Waals surface area contributed by atoms with Crippen LogP contribution >= 0.6 is 0 Å². The zero-order valence-corrected chi connectivity index (χ0v) is 10.4. The first-order valence-corrected chi connectivity index (χ1v) is 5.80. The van der Waals surface area contributed by atoms with E-state index in [4.69, 9.17) is 4.42 Å². The van der Waals surface area contributed by atoms with Crippen molar-refractivity contribution in [3.05, 3.63) is 47.4 Å². The number of rotatable bonds is 3. The van der Waals surface area contributed by atoms with Gasteiger partial charge in [-0.25, -0.2) is 0 Å². The number of benzene rings is 1. The van der Waals surface area contributed by atoms with Gasteiger partial charge in [0.1, 0.15) is 11.5 Å². The van der Waals surface area contributed by atoms with Crippen molar-refractivity contribution >= 4 is 11.6 Å². The number of nitrogens with one attached hydrogen (secondary N) is 1. The molecule has 2 aromatic rings. The molecule has 0 unspecified atom stereocenters. The van der Waals surface area contributed by atoms with Gasteiger partial charge in [-0.05, 0) is 42.8 Å². The minimum Gasteiger partial charge on any atom is -0.508 e. The van der Waals surface area contributed by atoms with Gasteiger partial charge in [-0.1, -0.05) is 6.92 Å². The highest BCUT2D eigenvalue weighted by atomic mass is 16.3. The van der Waals surface area contributed by atoms with Gasteiger partial charge in [-0.3, -0.25) is 4.79 Å². The molecule has 1 amide bonds. The number of carbonyl (C=O) groups excluding carboxylic acids is 1. The van der Waals surface area contributed by atoms with Crippen molar-refractivity contribution in [3.63, 3.8) is 0 Å². The van der Waals surface area contributed by atoms with Crippen LogP contribution < -0.4 is 5.32 Å². The smallest absolute Gasteiger partial charge is 0.291 e. The number of carbonyl (C=O) groups is 1. The van der Waals surface area contributed by atoms with Crippen LogP contribution in [0.1, 0.15) is 28.8 Å². The van der Waals surface area contributed by atoms with Crippen LogP contribution in [0.25, 0.3) is 0 Å². The first kappa shape index (κ1) is 12.2. The van der Waals surface area contributed by atoms with E-state index in [0.717, 1.165) is 17.7 Å². The Hall–Kier alpha value is -2.23. The van der Waals surface area contributed by atoms with Gasteiger partial charge in [0.15, 0.2) is 5.76 Å². The van der Waals surface area contributed by atoms with Gasteiger partial charge in [0.2, 0.25) is 0 Å². The Kier molecular flexibility index (Phi) is 3.37. The molecule has 0 aliphatic rings. The molecular formula is C14H15NO3. The molecule has 18 heavy (non-hydrogen) atoms. The van der Waals surface area contributed by atoms with Crippen LogP contribution in [0.3, 0.4) is 0 Å². The maximum absolute atomic E-state index is 11.9. The summed E-state index contributed by atoms with van der Waals surface area (Å²) >= 11 is 0. The lowest BCUT2D eigenvalue weighted by atomic mass is 10.2. The van der Waals surface area contributed by atoms with Gasteiger partial charge in [0.05, 0.1) is 0 Å². The fourth-order valence-corrected chi connectivity index (χ4v) is 1.66. The summed E-state index contributed by atoms with van der Waals surface area (Å²) in [5, 5.41) is 12.0. The summed E-state index contributed by atoms with van der Waals surface area (Å²) in [6.07, 6.45) is 0.755. The minimum absolute atomic E-state index is 0.178. The second kappa shape index (κ2) is 4.96. The van der Waals surface area contributed by atoms with Crippen molar-refractivity contribution in [2.24, 2.45) is 0 Å². The standard InChI is InChI=1S/C14H15NO3/c1-3-11-5-7-13(18-11)14(17)15-12-6-4-10(16)8-9(12)2/h4-8,16H,3H2,1-2H3,(H,15,17). The van der Waals surface area contributed by atoms with E-state index in [1.807, 2.05) is 13.8 Å². The van der Waals surface area contributed by atoms with Crippen molar-refractivity contribution in [2.45, 2.75) is 20.3 Å². The van der Waals surface area contributed by atoms with E-state index in [1.54, 1.807) is 24.3 Å². The highest BCUT2D eigenvalue weighted by Crippen LogP contribution is 2.21. The van der Waals surface area contributed by atoms with Crippen LogP contribution in [0.2, 0.25) is 0 Å². The molecule has 0 saturated carbocycles. The molecule has 2 rings (SSSR count). The highest BCUT2D eigenvalue weighted by molar-refractivity contribution is 6.02. The van der Waals surface area contributed by atoms with Crippen molar-refractivity contribution in [1.82, 2.24) is 0 Å². The molecule has 94 valence electrons. The molecule has 4 nitrogen and oxygen atoms in total. The number of anilines is 1. The fourth-order valence-electron chi connectivity index (χ4n) is 1.66. The number of aryl methyl sites for hydroxylation is 2. The van der Waals surface area contributed by atoms with Gasteiger partial charge in [-0.15, -0.1) is 0 Å². The Morgan fingerprint density at radius 3 is 2.72 bits per heavy atom. The molecule has 1 aromatic carbocycles. The van der Waals surface area contributed by atoms with Crippen LogP contribution in [-0.2, 0) is 6.42 Å². The Labute approximate surface area is 105 Å². The zero-order valence-electron chi connectivity index (χ0n) is 10.4. The number of aromatic hydroxyl groups is 1. The van der Waals surface area contributed by atoms with E-state index in [1.165, 1.54) is 6.07 Å². The zero-order chi connectivity index (χ0) is 13.1. The van der Waals surface area contributed by atoms with Gasteiger partial charge in [0.25, 0.3) is 5.91 Å². The van der Waals surface area contributed by atoms with Crippen molar-refractivity contribution in [2.75, 3.05) is 5.32 Å². The summed E-state index contributed by atoms with van der Waals surface area (Å²) < 4.78 is 5.37. The number of furan rings is 1. The maximum atomic E-state index is 11.9. The van der Waals surface area contributed by atoms with Gasteiger partial charge in [-0.2, -0.15) is 0 Å². The normalized spacial score (nSPS) is 10.3. The molecule has 0 fully saturated rings. The number of phenols is 1. The summed E-state index contributed by atoms with van der Waals surface area (Å²) in [6, 6.07) is 8.23. The molecule has 2 N–H and O–H groups in total. The van der Waals surface area contributed by atoms with Crippen LogP contribution in [0.5, 0.6) is 5.75 Å². The average Bonchev–Trinajstić information content (AvgIpc) is 2.81. The lowest BCUT2D eigenvalue weighted by Crippen LogP contribution is -2.11. The Bertz CT molecular complexity index is 572. The SMILES string of the molecule is CCc1ccc(C(=O)Nc2ccc(O)cc2C)o1. The first-order chi connectivity index (χ1) is 8.60. The molecular weight excluding hydrogens is 230 g/mol. The summed E-state index contributed by atoms with van der Waals surface area (Å²) in [5.41, 5.74) is 1.46. The number of phenolic OH excluding ortho intramolecular Hbond substituents is 1. The lowest BCUT2D eigenvalue weighted by Gasteiger charge is -2.07. The second-order valence-electron chi connectivity index (χ2n) is 4.07. The summed E-state index contributed by atoms with van der Waals surface area (Å²) in [4.78, 5) is 11.9. The number of hydrogen-bond donors (Lipinski definition) is 2. The molecule has 0 bridgehead atoms. The summed E-state index contributed by atoms with van der Waals surface area (Å²) in [6.45, 7) is 3.78. The molecule has 0 radical (unpaired) electrons. The second-order valence-corrected chi connectivity index (χ2v) is 4.07. The summed E-state index contributed by atoms with van der Waals surface area (Å²) in [7, 11) is 0. The predicted octanol–water partition coefficient (Wildman–Crippen LogP) is 3.11. The van der Waals surface area contributed by atoms with Crippen LogP contribution in [0.15, 0.2) is 34.7 Å². The molecule has 0 aliphatic heterocycles. The van der Waals surface area contributed by atoms with Crippen molar-refractivity contribution in [1.29, 1.82) is 0 Å². The predicted molar refractivity (Wildman–Crippen MR) is 68.9 cm³/mol. The average molecular weight is 245 g/mol. The van der Waals surface area contributed by atoms with Crippen molar-refractivity contribution < 1.29 is 14.3 Å². The van der Waals surface area contributed by atoms with E-state index in [2.05, 4.69) is 5.32 Å². The molecule has 0 saturated heterocycles. The van der Waals surface area contributed by atoms with Gasteiger partial charge < -0.3 is 14.8 Å². The largest absolute Gasteiger partial charge is 0.508 e. The fraction of sp³-hybridized carbons (Fsp3) is 0.214. The van der Waals surface area contributed by atoms with E-state index in [0.29, 0.717) is 11.4 Å². The highest BCUT2D eigenvalue weighted by Gasteiger charge is 2.12. The molecule has 0 atom stereocenters. The minimum atomic E-state index is -0.288. The van der Waals surface area contributed by atoms with Crippen LogP contribution in [0.4, 0.5) is 5.69 Å². The first-order valence-electron chi connectivity index (χ1n) is 5.80. The Morgan fingerprint density at radius 1 is 1.33 bits per heavy atom. The maximum Gasteiger partial charge on any atom is 0.291 e. The van der Waals surface area contributed by atoms with E-state index in [9.17, 15) is 9.90 Å². The quantitative estimate of drug-likeness (QED) is 0.817. The van der Waals surface area contributed by atoms with Crippen LogP contribution in [-0.4, -0.2) is 11.0 Å². The number of hydrogen-bond acceptors (Lipinski definition) is 3. The summed E-state index contributed by atoms with van der Waals surface area (Å²) in [5.74, 6) is 0.960. The number of amides is 1. The molecule has 1 heterocycles. The topological polar surface area (TPSA) is 62.5 Å². The third-order valence-corrected chi connectivity index (χ3v) is 2.69. The van der Waals surface area contributed by atoms with E-state index >= 15 is 0 Å². The molecule has 0 spiro atoms. The van der Waals surface area contributed by atoms with Crippen LogP contribution in [0, 0.1) is 6.92 Å². The van der Waals surface area contributed by atoms with Crippen molar-refractivity contribution in [3.8, 4) is 5.75 Å². The monoisotopic (exact) mass is 245 g/mol. The third kappa shape index (κ3) is 2.53.